The van der Waals surface area contributed by atoms with E-state index in [1.807, 2.05) is 97.1 Å². The molecule has 0 spiro atoms. The van der Waals surface area contributed by atoms with Crippen LogP contribution >= 0.6 is 0 Å². The highest BCUT2D eigenvalue weighted by molar-refractivity contribution is 6.05. The van der Waals surface area contributed by atoms with Crippen molar-refractivity contribution in [2.75, 3.05) is 0 Å². The first kappa shape index (κ1) is 60.7. The van der Waals surface area contributed by atoms with Crippen molar-refractivity contribution in [1.29, 1.82) is 0 Å². The molecule has 0 radical (unpaired) electrons. The van der Waals surface area contributed by atoms with Gasteiger partial charge in [0.15, 0.2) is 5.41 Å². The van der Waals surface area contributed by atoms with Crippen molar-refractivity contribution in [3.63, 3.8) is 0 Å². The van der Waals surface area contributed by atoms with E-state index in [2.05, 4.69) is 55.4 Å². The number of hydrogen-bond donors (Lipinski definition) is 0. The third kappa shape index (κ3) is 13.8. The molecule has 0 aromatic heterocycles. The number of carbonyl (C=O) groups excluding carboxylic acids is 5. The molecule has 13 nitrogen and oxygen atoms in total. The molecule has 0 fully saturated rings. The average molecular weight is 1070 g/mol. The monoisotopic (exact) mass is 1070 g/mol. The van der Waals surface area contributed by atoms with Gasteiger partial charge in [0.25, 0.3) is 0 Å². The molecule has 0 amide bonds. The smallest absolute Gasteiger partial charge is 0.298 e. The predicted octanol–water partition coefficient (Wildman–Crippen LogP) is 14.4. The van der Waals surface area contributed by atoms with Crippen LogP contribution in [0.3, 0.4) is 0 Å². The van der Waals surface area contributed by atoms with Crippen LogP contribution in [0.15, 0.2) is 134 Å². The van der Waals surface area contributed by atoms with E-state index in [-0.39, 0.29) is 30.1 Å². The maximum absolute atomic E-state index is 14.7. The highest BCUT2D eigenvalue weighted by Gasteiger charge is 2.55. The fraction of sp³-hybridized carbons (Fsp3) is 0.462. The van der Waals surface area contributed by atoms with Gasteiger partial charge in [-0.3, -0.25) is 24.3 Å². The van der Waals surface area contributed by atoms with Gasteiger partial charge in [0.1, 0.15) is 28.2 Å². The van der Waals surface area contributed by atoms with Crippen LogP contribution in [0.4, 0.5) is 0 Å². The fourth-order valence-electron chi connectivity index (χ4n) is 9.13. The molecule has 1 atom stereocenters. The van der Waals surface area contributed by atoms with E-state index in [0.717, 1.165) is 22.3 Å². The lowest BCUT2D eigenvalue weighted by atomic mass is 9.69. The summed E-state index contributed by atoms with van der Waals surface area (Å²) in [5.74, 6) is -6.05. The Balaban J connectivity index is 1.27. The minimum absolute atomic E-state index is 0.220. The third-order valence-corrected chi connectivity index (χ3v) is 15.1. The third-order valence-electron chi connectivity index (χ3n) is 15.1. The summed E-state index contributed by atoms with van der Waals surface area (Å²) in [5, 5.41) is 0. The summed E-state index contributed by atoms with van der Waals surface area (Å²) in [4.78, 5) is 118. The van der Waals surface area contributed by atoms with Gasteiger partial charge >= 0.3 is 23.9 Å². The lowest BCUT2D eigenvalue weighted by Gasteiger charge is -2.35. The van der Waals surface area contributed by atoms with Crippen molar-refractivity contribution in [2.45, 2.75) is 170 Å². The quantitative estimate of drug-likeness (QED) is 0.0317. The van der Waals surface area contributed by atoms with Gasteiger partial charge in [-0.2, -0.15) is 19.6 Å². The van der Waals surface area contributed by atoms with Crippen molar-refractivity contribution in [1.82, 2.24) is 0 Å². The van der Waals surface area contributed by atoms with Crippen molar-refractivity contribution >= 4 is 29.7 Å². The lowest BCUT2D eigenvalue weighted by Crippen LogP contribution is -2.47. The number of allylic oxidation sites excluding steroid dienone is 4. The van der Waals surface area contributed by atoms with Gasteiger partial charge in [-0.05, 0) is 136 Å². The van der Waals surface area contributed by atoms with E-state index in [1.165, 1.54) is 24.3 Å². The van der Waals surface area contributed by atoms with E-state index in [4.69, 9.17) is 39.1 Å². The molecule has 0 heterocycles. The minimum atomic E-state index is -2.30. The number of carbonyl (C=O) groups is 5. The average Bonchev–Trinajstić information content (AvgIpc) is 3.47. The Bertz CT molecular complexity index is 2670. The summed E-state index contributed by atoms with van der Waals surface area (Å²) >= 11 is 0. The van der Waals surface area contributed by atoms with E-state index in [0.29, 0.717) is 22.3 Å². The van der Waals surface area contributed by atoms with Crippen LogP contribution in [0.2, 0.25) is 0 Å². The zero-order valence-corrected chi connectivity index (χ0v) is 48.4. The first-order chi connectivity index (χ1) is 36.4. The zero-order valence-electron chi connectivity index (χ0n) is 48.4. The van der Waals surface area contributed by atoms with Crippen LogP contribution < -0.4 is 0 Å². The number of Topliss-reactive ketones (excluding diaryl/α,β-unsaturated/α-hetero) is 1. The second-order valence-corrected chi connectivity index (χ2v) is 24.0. The first-order valence-electron chi connectivity index (χ1n) is 27.1. The number of hydrogen-bond acceptors (Lipinski definition) is 13. The van der Waals surface area contributed by atoms with Crippen LogP contribution in [-0.2, 0) is 85.5 Å². The largest absolute Gasteiger partial charge is 0.367 e. The molecular formula is C65H80O13. The van der Waals surface area contributed by atoms with Crippen LogP contribution in [0, 0.1) is 22.7 Å². The summed E-state index contributed by atoms with van der Waals surface area (Å²) in [6.45, 7) is 30.4. The molecule has 4 aromatic rings. The molecule has 0 saturated heterocycles. The Labute approximate surface area is 461 Å². The molecule has 0 N–H and O–H groups in total. The molecule has 6 rings (SSSR count). The molecule has 78 heavy (non-hydrogen) atoms. The Kier molecular flexibility index (Phi) is 18.9. The molecule has 418 valence electrons. The summed E-state index contributed by atoms with van der Waals surface area (Å²) < 4.78 is 0. The molecular weight excluding hydrogens is 989 g/mol. The van der Waals surface area contributed by atoms with E-state index < -0.39 is 81.2 Å². The maximum atomic E-state index is 14.7. The van der Waals surface area contributed by atoms with E-state index in [9.17, 15) is 24.0 Å². The molecule has 13 heteroatoms. The molecule has 4 aromatic carbocycles. The predicted molar refractivity (Wildman–Crippen MR) is 296 cm³/mol. The number of rotatable bonds is 22. The normalized spacial score (nSPS) is 16.6. The second-order valence-electron chi connectivity index (χ2n) is 24.0. The van der Waals surface area contributed by atoms with E-state index >= 15 is 0 Å². The highest BCUT2D eigenvalue weighted by Crippen LogP contribution is 2.43. The Morgan fingerprint density at radius 1 is 0.410 bits per heavy atom. The zero-order chi connectivity index (χ0) is 57.6. The van der Waals surface area contributed by atoms with Crippen LogP contribution in [0.25, 0.3) is 0 Å². The van der Waals surface area contributed by atoms with Gasteiger partial charge in [-0.15, -0.1) is 0 Å². The highest BCUT2D eigenvalue weighted by atomic mass is 17.2. The maximum Gasteiger partial charge on any atom is 0.367 e. The van der Waals surface area contributed by atoms with Crippen molar-refractivity contribution in [3.05, 3.63) is 178 Å². The molecule has 1 unspecified atom stereocenters. The summed E-state index contributed by atoms with van der Waals surface area (Å²) in [5.41, 5.74) is -1.84. The SMILES string of the molecule is CC(C)c1ccc(C(C)(C)OOC(=O)C2(C(=O)OOC(C)(C)c3ccc(C(C)C)cc3)C=CC(C(=O)C3C=CCC(C(=O)OOC(C)(C)c4ccc(C(C)C)cc4)(C(=O)OOC(C)(C)c4ccc(C(C)C)cc4)C3)C=C2)cc1. The standard InChI is InChI=1S/C65H80O13/c1-41(2)45-19-27-51(28-20-45)60(9,10)75-71-56(67)64(57(68)72-76-61(11,12)52-29-21-46(22-30-52)42(3)4)38-35-49(36-39-64)55(66)50-18-17-37-65(40-50,58(69)73-77-62(13,14)53-31-23-47(24-32-53)43(5)6)59(70)74-78-63(15,16)54-33-25-48(26-34-54)44(7)8/h17-36,38-39,41-44,49-50H,37,40H2,1-16H3. The Hall–Kier alpha value is -6.51. The Morgan fingerprint density at radius 3 is 0.949 bits per heavy atom. The van der Waals surface area contributed by atoms with E-state index in [1.54, 1.807) is 67.5 Å². The number of benzene rings is 4. The minimum Gasteiger partial charge on any atom is -0.298 e. The second kappa shape index (κ2) is 24.2. The summed E-state index contributed by atoms with van der Waals surface area (Å²) in [6, 6.07) is 30.8. The van der Waals surface area contributed by atoms with Crippen molar-refractivity contribution < 1.29 is 63.1 Å². The molecule has 2 aliphatic rings. The van der Waals surface area contributed by atoms with Gasteiger partial charge in [0.2, 0.25) is 5.41 Å². The molecule has 0 aliphatic heterocycles. The van der Waals surface area contributed by atoms with Gasteiger partial charge in [-0.1, -0.05) is 189 Å². The number of ketones is 1. The summed E-state index contributed by atoms with van der Waals surface area (Å²) in [6.07, 6.45) is 7.65. The van der Waals surface area contributed by atoms with Crippen LogP contribution in [0.1, 0.15) is 192 Å². The Morgan fingerprint density at radius 2 is 0.679 bits per heavy atom. The van der Waals surface area contributed by atoms with Crippen LogP contribution in [-0.4, -0.2) is 29.7 Å². The van der Waals surface area contributed by atoms with Gasteiger partial charge < -0.3 is 0 Å². The molecule has 0 saturated carbocycles. The first-order valence-corrected chi connectivity index (χ1v) is 27.1. The topological polar surface area (TPSA) is 159 Å². The van der Waals surface area contributed by atoms with Crippen molar-refractivity contribution in [3.8, 4) is 0 Å². The molecule has 2 aliphatic carbocycles. The van der Waals surface area contributed by atoms with Gasteiger partial charge in [-0.25, -0.2) is 19.2 Å². The lowest BCUT2D eigenvalue weighted by molar-refractivity contribution is -0.348. The summed E-state index contributed by atoms with van der Waals surface area (Å²) in [7, 11) is 0. The van der Waals surface area contributed by atoms with Gasteiger partial charge in [0, 0.05) is 5.92 Å². The molecule has 0 bridgehead atoms. The van der Waals surface area contributed by atoms with Crippen molar-refractivity contribution in [2.24, 2.45) is 22.7 Å². The van der Waals surface area contributed by atoms with Gasteiger partial charge in [0.05, 0.1) is 5.92 Å². The fourth-order valence-corrected chi connectivity index (χ4v) is 9.13. The van der Waals surface area contributed by atoms with Crippen LogP contribution in [0.5, 0.6) is 0 Å².